The summed E-state index contributed by atoms with van der Waals surface area (Å²) in [5.74, 6) is -0.256. The Balaban J connectivity index is 1.75. The zero-order valence-electron chi connectivity index (χ0n) is 18.2. The van der Waals surface area contributed by atoms with Crippen LogP contribution in [0.2, 0.25) is 0 Å². The molecule has 0 unspecified atom stereocenters. The highest BCUT2D eigenvalue weighted by atomic mass is 16.5. The van der Waals surface area contributed by atoms with Crippen LogP contribution in [-0.2, 0) is 20.9 Å². The number of hydrogen-bond donors (Lipinski definition) is 1. The van der Waals surface area contributed by atoms with Crippen molar-refractivity contribution in [1.82, 2.24) is 0 Å². The van der Waals surface area contributed by atoms with Crippen LogP contribution in [0.15, 0.2) is 30.3 Å². The minimum absolute atomic E-state index is 0.0817. The van der Waals surface area contributed by atoms with E-state index >= 15 is 0 Å². The van der Waals surface area contributed by atoms with Crippen LogP contribution in [0.3, 0.4) is 0 Å². The largest absolute Gasteiger partial charge is 0.461 e. The maximum absolute atomic E-state index is 11.7. The average Bonchev–Trinajstić information content (AvgIpc) is 2.72. The summed E-state index contributed by atoms with van der Waals surface area (Å²) < 4.78 is 5.30. The van der Waals surface area contributed by atoms with E-state index in [0.29, 0.717) is 19.4 Å². The highest BCUT2D eigenvalue weighted by Crippen LogP contribution is 2.14. The van der Waals surface area contributed by atoms with Gasteiger partial charge in [-0.25, -0.2) is 0 Å². The van der Waals surface area contributed by atoms with Crippen molar-refractivity contribution in [2.75, 3.05) is 0 Å². The average molecular weight is 404 g/mol. The van der Waals surface area contributed by atoms with Crippen molar-refractivity contribution < 1.29 is 14.3 Å². The molecule has 0 heterocycles. The molecular weight excluding hydrogens is 362 g/mol. The summed E-state index contributed by atoms with van der Waals surface area (Å²) in [5.41, 5.74) is 6.17. The second-order valence-electron chi connectivity index (χ2n) is 8.06. The highest BCUT2D eigenvalue weighted by Gasteiger charge is 2.03. The van der Waals surface area contributed by atoms with Gasteiger partial charge in [-0.1, -0.05) is 107 Å². The summed E-state index contributed by atoms with van der Waals surface area (Å²) in [7, 11) is 0. The molecule has 1 aromatic rings. The molecular formula is C25H41NO3. The standard InChI is InChI=1S/C25H41NO3/c26-24(27)20-16-11-9-7-5-3-1-2-4-6-8-10-12-17-21-25(28)29-22-23-18-14-13-15-19-23/h13-15,18-19H,1-12,16-17,20-22H2,(H2,26,27). The van der Waals surface area contributed by atoms with Crippen LogP contribution in [0, 0.1) is 0 Å². The Bertz CT molecular complexity index is 530. The molecule has 4 heteroatoms. The van der Waals surface area contributed by atoms with Crippen molar-refractivity contribution in [3.63, 3.8) is 0 Å². The first kappa shape index (κ1) is 25.2. The predicted octanol–water partition coefficient (Wildman–Crippen LogP) is 6.46. The molecule has 0 aliphatic heterocycles. The number of hydrogen-bond acceptors (Lipinski definition) is 3. The second-order valence-corrected chi connectivity index (χ2v) is 8.06. The van der Waals surface area contributed by atoms with E-state index in [2.05, 4.69) is 0 Å². The molecule has 0 saturated carbocycles. The van der Waals surface area contributed by atoms with Crippen LogP contribution in [-0.4, -0.2) is 11.9 Å². The Morgan fingerprint density at radius 3 is 1.48 bits per heavy atom. The highest BCUT2D eigenvalue weighted by molar-refractivity contribution is 5.73. The third-order valence-corrected chi connectivity index (χ3v) is 5.30. The number of esters is 1. The van der Waals surface area contributed by atoms with Crippen molar-refractivity contribution in [2.24, 2.45) is 5.73 Å². The molecule has 0 fully saturated rings. The number of carbonyl (C=O) groups is 2. The van der Waals surface area contributed by atoms with Gasteiger partial charge in [0.1, 0.15) is 6.61 Å². The topological polar surface area (TPSA) is 69.4 Å². The molecule has 0 atom stereocenters. The minimum atomic E-state index is -0.175. The van der Waals surface area contributed by atoms with Gasteiger partial charge in [-0.3, -0.25) is 9.59 Å². The SMILES string of the molecule is NC(=O)CCCCCCCCCCCCCCCCC(=O)OCc1ccccc1. The summed E-state index contributed by atoms with van der Waals surface area (Å²) >= 11 is 0. The summed E-state index contributed by atoms with van der Waals surface area (Å²) in [6.45, 7) is 0.384. The van der Waals surface area contributed by atoms with Gasteiger partial charge in [0.05, 0.1) is 0 Å². The van der Waals surface area contributed by atoms with Gasteiger partial charge in [0.2, 0.25) is 5.91 Å². The fourth-order valence-electron chi connectivity index (χ4n) is 3.50. The molecule has 164 valence electrons. The second kappa shape index (κ2) is 18.2. The van der Waals surface area contributed by atoms with Crippen molar-refractivity contribution in [3.05, 3.63) is 35.9 Å². The lowest BCUT2D eigenvalue weighted by Gasteiger charge is -2.05. The van der Waals surface area contributed by atoms with E-state index < -0.39 is 0 Å². The predicted molar refractivity (Wildman–Crippen MR) is 119 cm³/mol. The Hall–Kier alpha value is -1.84. The van der Waals surface area contributed by atoms with Crippen LogP contribution >= 0.6 is 0 Å². The third-order valence-electron chi connectivity index (χ3n) is 5.30. The van der Waals surface area contributed by atoms with Gasteiger partial charge in [0.15, 0.2) is 0 Å². The van der Waals surface area contributed by atoms with Gasteiger partial charge in [0, 0.05) is 12.8 Å². The van der Waals surface area contributed by atoms with Crippen molar-refractivity contribution >= 4 is 11.9 Å². The number of unbranched alkanes of at least 4 members (excludes halogenated alkanes) is 13. The molecule has 2 N–H and O–H groups in total. The first-order valence-corrected chi connectivity index (χ1v) is 11.7. The molecule has 0 aliphatic carbocycles. The van der Waals surface area contributed by atoms with Crippen molar-refractivity contribution in [1.29, 1.82) is 0 Å². The van der Waals surface area contributed by atoms with Crippen LogP contribution < -0.4 is 5.73 Å². The van der Waals surface area contributed by atoms with Crippen LogP contribution in [0.1, 0.15) is 108 Å². The monoisotopic (exact) mass is 403 g/mol. The normalized spacial score (nSPS) is 10.8. The summed E-state index contributed by atoms with van der Waals surface area (Å²) in [6, 6.07) is 9.83. The Morgan fingerprint density at radius 2 is 1.03 bits per heavy atom. The molecule has 4 nitrogen and oxygen atoms in total. The number of primary amides is 1. The quantitative estimate of drug-likeness (QED) is 0.213. The molecule has 1 amide bonds. The Morgan fingerprint density at radius 1 is 0.621 bits per heavy atom. The lowest BCUT2D eigenvalue weighted by Crippen LogP contribution is -2.09. The molecule has 0 aliphatic rings. The molecule has 29 heavy (non-hydrogen) atoms. The van der Waals surface area contributed by atoms with Crippen LogP contribution in [0.5, 0.6) is 0 Å². The first-order chi connectivity index (χ1) is 14.2. The lowest BCUT2D eigenvalue weighted by atomic mass is 10.0. The van der Waals surface area contributed by atoms with Gasteiger partial charge < -0.3 is 10.5 Å². The van der Waals surface area contributed by atoms with E-state index in [0.717, 1.165) is 31.2 Å². The molecule has 0 saturated heterocycles. The number of benzene rings is 1. The third kappa shape index (κ3) is 16.8. The van der Waals surface area contributed by atoms with E-state index in [1.165, 1.54) is 64.2 Å². The smallest absolute Gasteiger partial charge is 0.306 e. The summed E-state index contributed by atoms with van der Waals surface area (Å²) in [4.78, 5) is 22.4. The Kier molecular flexibility index (Phi) is 15.8. The van der Waals surface area contributed by atoms with Crippen molar-refractivity contribution in [2.45, 2.75) is 109 Å². The van der Waals surface area contributed by atoms with Crippen molar-refractivity contribution in [3.8, 4) is 0 Å². The molecule has 0 aromatic heterocycles. The maximum Gasteiger partial charge on any atom is 0.306 e. The van der Waals surface area contributed by atoms with Gasteiger partial charge in [-0.2, -0.15) is 0 Å². The fraction of sp³-hybridized carbons (Fsp3) is 0.680. The number of amides is 1. The van der Waals surface area contributed by atoms with E-state index in [1.54, 1.807) is 0 Å². The lowest BCUT2D eigenvalue weighted by molar-refractivity contribution is -0.145. The fourth-order valence-corrected chi connectivity index (χ4v) is 3.50. The number of nitrogens with two attached hydrogens (primary N) is 1. The van der Waals surface area contributed by atoms with E-state index in [-0.39, 0.29) is 11.9 Å². The number of ether oxygens (including phenoxy) is 1. The van der Waals surface area contributed by atoms with E-state index in [9.17, 15) is 9.59 Å². The molecule has 0 spiro atoms. The van der Waals surface area contributed by atoms with Crippen LogP contribution in [0.25, 0.3) is 0 Å². The van der Waals surface area contributed by atoms with Gasteiger partial charge in [-0.15, -0.1) is 0 Å². The summed E-state index contributed by atoms with van der Waals surface area (Å²) in [6.07, 6.45) is 18.2. The van der Waals surface area contributed by atoms with Gasteiger partial charge in [-0.05, 0) is 18.4 Å². The molecule has 0 radical (unpaired) electrons. The zero-order chi connectivity index (χ0) is 21.0. The van der Waals surface area contributed by atoms with E-state index in [1.807, 2.05) is 30.3 Å². The van der Waals surface area contributed by atoms with Gasteiger partial charge >= 0.3 is 5.97 Å². The first-order valence-electron chi connectivity index (χ1n) is 11.7. The van der Waals surface area contributed by atoms with E-state index in [4.69, 9.17) is 10.5 Å². The Labute approximate surface area is 177 Å². The zero-order valence-corrected chi connectivity index (χ0v) is 18.2. The number of carbonyl (C=O) groups excluding carboxylic acids is 2. The number of rotatable bonds is 19. The summed E-state index contributed by atoms with van der Waals surface area (Å²) in [5, 5.41) is 0. The van der Waals surface area contributed by atoms with Gasteiger partial charge in [0.25, 0.3) is 0 Å². The minimum Gasteiger partial charge on any atom is -0.461 e. The molecule has 1 rings (SSSR count). The maximum atomic E-state index is 11.7. The molecule has 0 bridgehead atoms. The van der Waals surface area contributed by atoms with Crippen LogP contribution in [0.4, 0.5) is 0 Å². The molecule has 1 aromatic carbocycles.